The standard InChI is InChI=1S/C20H18N2OS2/c21-14-17-6-2-1-5-15(17)9-10-19(23)22-18-8-3-7-16(13-18)20-24-11-4-12-25-20/h1-3,5-10,13,20H,4,11-12H2,(H,22,23). The van der Waals surface area contributed by atoms with Gasteiger partial charge in [-0.3, -0.25) is 4.79 Å². The Morgan fingerprint density at radius 1 is 1.16 bits per heavy atom. The van der Waals surface area contributed by atoms with Gasteiger partial charge in [-0.2, -0.15) is 5.26 Å². The van der Waals surface area contributed by atoms with Gasteiger partial charge in [0.1, 0.15) is 0 Å². The van der Waals surface area contributed by atoms with Gasteiger partial charge in [0, 0.05) is 11.8 Å². The normalized spacial score (nSPS) is 15.0. The van der Waals surface area contributed by atoms with Crippen molar-refractivity contribution in [1.29, 1.82) is 5.26 Å². The van der Waals surface area contributed by atoms with Gasteiger partial charge in [0.25, 0.3) is 0 Å². The van der Waals surface area contributed by atoms with Crippen LogP contribution in [0.4, 0.5) is 5.69 Å². The Labute approximate surface area is 156 Å². The Morgan fingerprint density at radius 2 is 1.96 bits per heavy atom. The van der Waals surface area contributed by atoms with Crippen LogP contribution in [0.25, 0.3) is 6.08 Å². The Balaban J connectivity index is 1.67. The maximum absolute atomic E-state index is 12.2. The molecule has 3 rings (SSSR count). The van der Waals surface area contributed by atoms with Crippen molar-refractivity contribution in [2.45, 2.75) is 11.0 Å². The van der Waals surface area contributed by atoms with Gasteiger partial charge in [0.05, 0.1) is 16.2 Å². The molecule has 0 unspecified atom stereocenters. The highest BCUT2D eigenvalue weighted by Crippen LogP contribution is 2.44. The van der Waals surface area contributed by atoms with E-state index in [-0.39, 0.29) is 5.91 Å². The second kappa shape index (κ2) is 8.80. The summed E-state index contributed by atoms with van der Waals surface area (Å²) in [5.74, 6) is 2.18. The molecule has 1 amide bonds. The topological polar surface area (TPSA) is 52.9 Å². The summed E-state index contributed by atoms with van der Waals surface area (Å²) in [5.41, 5.74) is 3.34. The highest BCUT2D eigenvalue weighted by Gasteiger charge is 2.16. The van der Waals surface area contributed by atoms with Gasteiger partial charge in [0.2, 0.25) is 5.91 Å². The molecule has 0 aromatic heterocycles. The fourth-order valence-corrected chi connectivity index (χ4v) is 5.41. The maximum atomic E-state index is 12.2. The largest absolute Gasteiger partial charge is 0.323 e. The van der Waals surface area contributed by atoms with E-state index in [4.69, 9.17) is 5.26 Å². The molecule has 3 nitrogen and oxygen atoms in total. The van der Waals surface area contributed by atoms with Crippen LogP contribution in [0.5, 0.6) is 0 Å². The quantitative estimate of drug-likeness (QED) is 0.767. The number of nitriles is 1. The summed E-state index contributed by atoms with van der Waals surface area (Å²) >= 11 is 3.92. The van der Waals surface area contributed by atoms with E-state index < -0.39 is 0 Å². The number of anilines is 1. The average molecular weight is 367 g/mol. The highest BCUT2D eigenvalue weighted by atomic mass is 32.2. The molecule has 1 fully saturated rings. The van der Waals surface area contributed by atoms with Crippen LogP contribution in [0.2, 0.25) is 0 Å². The van der Waals surface area contributed by atoms with Crippen molar-refractivity contribution in [3.63, 3.8) is 0 Å². The summed E-state index contributed by atoms with van der Waals surface area (Å²) < 4.78 is 0.448. The average Bonchev–Trinajstić information content (AvgIpc) is 2.67. The lowest BCUT2D eigenvalue weighted by Crippen LogP contribution is -2.08. The summed E-state index contributed by atoms with van der Waals surface area (Å²) in [6.45, 7) is 0. The molecule has 2 aromatic rings. The first-order valence-electron chi connectivity index (χ1n) is 8.07. The van der Waals surface area contributed by atoms with E-state index in [2.05, 4.69) is 17.5 Å². The van der Waals surface area contributed by atoms with E-state index in [1.54, 1.807) is 12.1 Å². The van der Waals surface area contributed by atoms with Crippen molar-refractivity contribution < 1.29 is 4.79 Å². The molecule has 0 aliphatic carbocycles. The molecule has 0 radical (unpaired) electrons. The van der Waals surface area contributed by atoms with Crippen molar-refractivity contribution >= 4 is 41.2 Å². The molecule has 1 heterocycles. The minimum absolute atomic E-state index is 0.200. The first-order chi connectivity index (χ1) is 12.3. The summed E-state index contributed by atoms with van der Waals surface area (Å²) in [7, 11) is 0. The van der Waals surface area contributed by atoms with Crippen LogP contribution in [0, 0.1) is 11.3 Å². The molecular weight excluding hydrogens is 348 g/mol. The van der Waals surface area contributed by atoms with E-state index >= 15 is 0 Å². The minimum atomic E-state index is -0.200. The second-order valence-corrected chi connectivity index (χ2v) is 8.30. The van der Waals surface area contributed by atoms with Gasteiger partial charge in [-0.15, -0.1) is 23.5 Å². The number of hydrogen-bond donors (Lipinski definition) is 1. The zero-order valence-electron chi connectivity index (χ0n) is 13.6. The van der Waals surface area contributed by atoms with Crippen molar-refractivity contribution in [2.75, 3.05) is 16.8 Å². The molecule has 25 heavy (non-hydrogen) atoms. The molecule has 0 bridgehead atoms. The number of carbonyl (C=O) groups is 1. The number of benzene rings is 2. The number of nitrogens with zero attached hydrogens (tertiary/aromatic N) is 1. The maximum Gasteiger partial charge on any atom is 0.248 e. The molecule has 0 saturated carbocycles. The van der Waals surface area contributed by atoms with Crippen LogP contribution in [-0.4, -0.2) is 17.4 Å². The molecule has 0 spiro atoms. The summed E-state index contributed by atoms with van der Waals surface area (Å²) in [4.78, 5) is 12.2. The van der Waals surface area contributed by atoms with Gasteiger partial charge in [0.15, 0.2) is 0 Å². The number of thioether (sulfide) groups is 2. The van der Waals surface area contributed by atoms with Gasteiger partial charge < -0.3 is 5.32 Å². The van der Waals surface area contributed by atoms with Gasteiger partial charge in [-0.05, 0) is 53.3 Å². The lowest BCUT2D eigenvalue weighted by Gasteiger charge is -2.21. The Bertz CT molecular complexity index is 820. The molecule has 0 atom stereocenters. The monoisotopic (exact) mass is 366 g/mol. The zero-order chi connectivity index (χ0) is 17.5. The van der Waals surface area contributed by atoms with Crippen LogP contribution in [0.1, 0.15) is 27.7 Å². The third kappa shape index (κ3) is 4.91. The molecule has 1 N–H and O–H groups in total. The predicted octanol–water partition coefficient (Wildman–Crippen LogP) is 5.08. The fourth-order valence-electron chi connectivity index (χ4n) is 2.54. The zero-order valence-corrected chi connectivity index (χ0v) is 15.3. The molecule has 1 aliphatic heterocycles. The van der Waals surface area contributed by atoms with Crippen LogP contribution in [0.3, 0.4) is 0 Å². The van der Waals surface area contributed by atoms with E-state index in [1.165, 1.54) is 29.6 Å². The number of amides is 1. The van der Waals surface area contributed by atoms with Crippen LogP contribution >= 0.6 is 23.5 Å². The van der Waals surface area contributed by atoms with Crippen LogP contribution in [-0.2, 0) is 4.79 Å². The number of rotatable bonds is 4. The first kappa shape index (κ1) is 17.7. The number of hydrogen-bond acceptors (Lipinski definition) is 4. The second-order valence-electron chi connectivity index (χ2n) is 5.57. The van der Waals surface area contributed by atoms with Crippen molar-refractivity contribution in [1.82, 2.24) is 0 Å². The molecule has 126 valence electrons. The van der Waals surface area contributed by atoms with Crippen LogP contribution < -0.4 is 5.32 Å². The lowest BCUT2D eigenvalue weighted by atomic mass is 10.1. The molecular formula is C20H18N2OS2. The van der Waals surface area contributed by atoms with E-state index in [0.29, 0.717) is 10.1 Å². The minimum Gasteiger partial charge on any atom is -0.323 e. The Morgan fingerprint density at radius 3 is 2.76 bits per heavy atom. The van der Waals surface area contributed by atoms with Gasteiger partial charge >= 0.3 is 0 Å². The summed E-state index contributed by atoms with van der Waals surface area (Å²) in [6, 6.07) is 17.4. The smallest absolute Gasteiger partial charge is 0.248 e. The van der Waals surface area contributed by atoms with Crippen molar-refractivity contribution in [2.24, 2.45) is 0 Å². The molecule has 2 aromatic carbocycles. The van der Waals surface area contributed by atoms with E-state index in [0.717, 1.165) is 11.3 Å². The SMILES string of the molecule is N#Cc1ccccc1C=CC(=O)Nc1cccc(C2SCCCS2)c1. The predicted molar refractivity (Wildman–Crippen MR) is 108 cm³/mol. The summed E-state index contributed by atoms with van der Waals surface area (Å²) in [5, 5.41) is 12.0. The lowest BCUT2D eigenvalue weighted by molar-refractivity contribution is -0.111. The number of carbonyl (C=O) groups excluding carboxylic acids is 1. The Kier molecular flexibility index (Phi) is 6.21. The van der Waals surface area contributed by atoms with Crippen LogP contribution in [0.15, 0.2) is 54.6 Å². The van der Waals surface area contributed by atoms with E-state index in [1.807, 2.05) is 59.9 Å². The third-order valence-electron chi connectivity index (χ3n) is 3.75. The van der Waals surface area contributed by atoms with Crippen molar-refractivity contribution in [3.8, 4) is 6.07 Å². The molecule has 5 heteroatoms. The Hall–Kier alpha value is -2.16. The van der Waals surface area contributed by atoms with Gasteiger partial charge in [-0.25, -0.2) is 0 Å². The molecule has 1 saturated heterocycles. The first-order valence-corrected chi connectivity index (χ1v) is 10.2. The highest BCUT2D eigenvalue weighted by molar-refractivity contribution is 8.16. The van der Waals surface area contributed by atoms with Gasteiger partial charge in [-0.1, -0.05) is 30.3 Å². The van der Waals surface area contributed by atoms with Crippen molar-refractivity contribution in [3.05, 3.63) is 71.3 Å². The fraction of sp³-hybridized carbons (Fsp3) is 0.200. The third-order valence-corrected chi connectivity index (χ3v) is 6.76. The summed E-state index contributed by atoms with van der Waals surface area (Å²) in [6.07, 6.45) is 4.40. The molecule has 1 aliphatic rings. The number of nitrogens with one attached hydrogen (secondary N) is 1. The van der Waals surface area contributed by atoms with E-state index in [9.17, 15) is 4.79 Å².